The van der Waals surface area contributed by atoms with Gasteiger partial charge in [0.15, 0.2) is 6.29 Å². The summed E-state index contributed by atoms with van der Waals surface area (Å²) in [6.45, 7) is 5.70. The van der Waals surface area contributed by atoms with Crippen LogP contribution in [-0.4, -0.2) is 44.7 Å². The topological polar surface area (TPSA) is 42.5 Å². The van der Waals surface area contributed by atoms with E-state index in [-0.39, 0.29) is 6.29 Å². The fraction of sp³-hybridized carbons (Fsp3) is 1.00. The monoisotopic (exact) mass is 214 g/mol. The zero-order valence-electron chi connectivity index (χ0n) is 9.50. The molecule has 0 amide bonds. The lowest BCUT2D eigenvalue weighted by Gasteiger charge is -2.25. The van der Waals surface area contributed by atoms with Gasteiger partial charge in [-0.1, -0.05) is 0 Å². The van der Waals surface area contributed by atoms with E-state index < -0.39 is 0 Å². The molecule has 1 saturated heterocycles. The number of hydrogen-bond acceptors (Lipinski definition) is 4. The van der Waals surface area contributed by atoms with E-state index in [2.05, 4.69) is 17.6 Å². The highest BCUT2D eigenvalue weighted by atomic mass is 16.7. The molecule has 0 spiro atoms. The van der Waals surface area contributed by atoms with Crippen LogP contribution in [0.15, 0.2) is 0 Å². The summed E-state index contributed by atoms with van der Waals surface area (Å²) in [7, 11) is 0. The third kappa shape index (κ3) is 4.47. The normalized spacial score (nSPS) is 25.4. The van der Waals surface area contributed by atoms with Gasteiger partial charge in [0.1, 0.15) is 0 Å². The van der Waals surface area contributed by atoms with Crippen molar-refractivity contribution in [1.82, 2.24) is 10.6 Å². The van der Waals surface area contributed by atoms with Gasteiger partial charge in [-0.2, -0.15) is 0 Å². The van der Waals surface area contributed by atoms with Gasteiger partial charge in [-0.15, -0.1) is 0 Å². The van der Waals surface area contributed by atoms with Crippen LogP contribution < -0.4 is 10.6 Å². The molecule has 4 heteroatoms. The van der Waals surface area contributed by atoms with Crippen molar-refractivity contribution in [3.8, 4) is 0 Å². The van der Waals surface area contributed by atoms with E-state index in [4.69, 9.17) is 9.47 Å². The molecule has 2 N–H and O–H groups in total. The van der Waals surface area contributed by atoms with Crippen LogP contribution in [0, 0.1) is 0 Å². The third-order valence-electron chi connectivity index (χ3n) is 2.82. The average Bonchev–Trinajstić information content (AvgIpc) is 3.09. The van der Waals surface area contributed by atoms with Crippen LogP contribution in [0.25, 0.3) is 0 Å². The fourth-order valence-electron chi connectivity index (χ4n) is 1.65. The maximum Gasteiger partial charge on any atom is 0.169 e. The summed E-state index contributed by atoms with van der Waals surface area (Å²) in [4.78, 5) is 0. The van der Waals surface area contributed by atoms with E-state index in [1.165, 1.54) is 12.8 Å². The Labute approximate surface area is 91.7 Å². The van der Waals surface area contributed by atoms with Crippen LogP contribution in [0.4, 0.5) is 0 Å². The van der Waals surface area contributed by atoms with E-state index in [1.54, 1.807) is 0 Å². The van der Waals surface area contributed by atoms with Crippen molar-refractivity contribution in [3.63, 3.8) is 0 Å². The second-order valence-corrected chi connectivity index (χ2v) is 4.52. The smallest absolute Gasteiger partial charge is 0.169 e. The second kappa shape index (κ2) is 5.80. The molecule has 1 heterocycles. The van der Waals surface area contributed by atoms with E-state index in [0.717, 1.165) is 38.8 Å². The minimum atomic E-state index is -0.0397. The molecule has 15 heavy (non-hydrogen) atoms. The van der Waals surface area contributed by atoms with Crippen molar-refractivity contribution in [2.45, 2.75) is 44.6 Å². The van der Waals surface area contributed by atoms with Crippen LogP contribution in [-0.2, 0) is 9.47 Å². The van der Waals surface area contributed by atoms with E-state index in [9.17, 15) is 0 Å². The standard InChI is InChI=1S/C11H22N2O2/c1-9(7-13-10-3-4-10)12-8-11-14-5-2-6-15-11/h9-13H,2-8H2,1H3. The van der Waals surface area contributed by atoms with Gasteiger partial charge in [-0.3, -0.25) is 0 Å². The molecule has 1 aliphatic carbocycles. The molecule has 1 unspecified atom stereocenters. The Bertz CT molecular complexity index is 179. The molecule has 0 bridgehead atoms. The van der Waals surface area contributed by atoms with Crippen molar-refractivity contribution < 1.29 is 9.47 Å². The molecular weight excluding hydrogens is 192 g/mol. The first-order chi connectivity index (χ1) is 7.34. The van der Waals surface area contributed by atoms with Crippen LogP contribution in [0.1, 0.15) is 26.2 Å². The molecule has 1 aliphatic heterocycles. The van der Waals surface area contributed by atoms with Crippen LogP contribution in [0.3, 0.4) is 0 Å². The first-order valence-electron chi connectivity index (χ1n) is 6.04. The number of hydrogen-bond donors (Lipinski definition) is 2. The van der Waals surface area contributed by atoms with Crippen LogP contribution >= 0.6 is 0 Å². The molecule has 2 fully saturated rings. The molecule has 1 atom stereocenters. The Kier molecular flexibility index (Phi) is 4.38. The first kappa shape index (κ1) is 11.3. The number of rotatable bonds is 6. The summed E-state index contributed by atoms with van der Waals surface area (Å²) >= 11 is 0. The highest BCUT2D eigenvalue weighted by molar-refractivity contribution is 4.82. The van der Waals surface area contributed by atoms with Crippen LogP contribution in [0.2, 0.25) is 0 Å². The van der Waals surface area contributed by atoms with Gasteiger partial charge in [0.2, 0.25) is 0 Å². The lowest BCUT2D eigenvalue weighted by molar-refractivity contribution is -0.175. The Morgan fingerprint density at radius 1 is 1.27 bits per heavy atom. The number of ether oxygens (including phenoxy) is 2. The minimum Gasteiger partial charge on any atom is -0.351 e. The molecule has 1 saturated carbocycles. The van der Waals surface area contributed by atoms with Gasteiger partial charge in [0, 0.05) is 25.2 Å². The summed E-state index contributed by atoms with van der Waals surface area (Å²) in [5.41, 5.74) is 0. The Hall–Kier alpha value is -0.160. The van der Waals surface area contributed by atoms with Gasteiger partial charge in [-0.05, 0) is 26.2 Å². The van der Waals surface area contributed by atoms with Crippen molar-refractivity contribution in [2.75, 3.05) is 26.3 Å². The third-order valence-corrected chi connectivity index (χ3v) is 2.82. The predicted octanol–water partition coefficient (Wildman–Crippen LogP) is 0.480. The Morgan fingerprint density at radius 2 is 2.00 bits per heavy atom. The van der Waals surface area contributed by atoms with Crippen molar-refractivity contribution in [2.24, 2.45) is 0 Å². The zero-order chi connectivity index (χ0) is 10.5. The molecular formula is C11H22N2O2. The maximum atomic E-state index is 5.46. The lowest BCUT2D eigenvalue weighted by Crippen LogP contribution is -2.43. The summed E-state index contributed by atoms with van der Waals surface area (Å²) in [5.74, 6) is 0. The maximum absolute atomic E-state index is 5.46. The van der Waals surface area contributed by atoms with Gasteiger partial charge < -0.3 is 20.1 Å². The van der Waals surface area contributed by atoms with Gasteiger partial charge in [-0.25, -0.2) is 0 Å². The Balaban J connectivity index is 1.50. The van der Waals surface area contributed by atoms with Crippen LogP contribution in [0.5, 0.6) is 0 Å². The quantitative estimate of drug-likeness (QED) is 0.675. The van der Waals surface area contributed by atoms with Gasteiger partial charge >= 0.3 is 0 Å². The molecule has 88 valence electrons. The zero-order valence-corrected chi connectivity index (χ0v) is 9.50. The largest absolute Gasteiger partial charge is 0.351 e. The van der Waals surface area contributed by atoms with E-state index in [0.29, 0.717) is 6.04 Å². The first-order valence-corrected chi connectivity index (χ1v) is 6.04. The molecule has 2 aliphatic rings. The molecule has 0 aromatic heterocycles. The average molecular weight is 214 g/mol. The summed E-state index contributed by atoms with van der Waals surface area (Å²) in [5, 5.41) is 6.92. The lowest BCUT2D eigenvalue weighted by atomic mass is 10.3. The van der Waals surface area contributed by atoms with Crippen molar-refractivity contribution in [1.29, 1.82) is 0 Å². The molecule has 0 aromatic carbocycles. The molecule has 0 aromatic rings. The fourth-order valence-corrected chi connectivity index (χ4v) is 1.65. The highest BCUT2D eigenvalue weighted by Crippen LogP contribution is 2.18. The molecule has 0 radical (unpaired) electrons. The van der Waals surface area contributed by atoms with Gasteiger partial charge in [0.25, 0.3) is 0 Å². The summed E-state index contributed by atoms with van der Waals surface area (Å²) in [6, 6.07) is 1.27. The van der Waals surface area contributed by atoms with Crippen molar-refractivity contribution in [3.05, 3.63) is 0 Å². The predicted molar refractivity (Wildman–Crippen MR) is 58.8 cm³/mol. The van der Waals surface area contributed by atoms with Gasteiger partial charge in [0.05, 0.1) is 13.2 Å². The van der Waals surface area contributed by atoms with Crippen molar-refractivity contribution >= 4 is 0 Å². The highest BCUT2D eigenvalue weighted by Gasteiger charge is 2.21. The second-order valence-electron chi connectivity index (χ2n) is 4.52. The van der Waals surface area contributed by atoms with E-state index in [1.807, 2.05) is 0 Å². The number of nitrogens with one attached hydrogen (secondary N) is 2. The van der Waals surface area contributed by atoms with E-state index >= 15 is 0 Å². The SMILES string of the molecule is CC(CNC1CC1)NCC1OCCCO1. The summed E-state index contributed by atoms with van der Waals surface area (Å²) < 4.78 is 10.9. The minimum absolute atomic E-state index is 0.0397. The Morgan fingerprint density at radius 3 is 2.67 bits per heavy atom. The summed E-state index contributed by atoms with van der Waals surface area (Å²) in [6.07, 6.45) is 3.68. The molecule has 2 rings (SSSR count). The molecule has 4 nitrogen and oxygen atoms in total.